The normalized spacial score (nSPS) is 21.9. The molecule has 1 fully saturated rings. The van der Waals surface area contributed by atoms with Crippen molar-refractivity contribution in [2.24, 2.45) is 0 Å². The van der Waals surface area contributed by atoms with Crippen LogP contribution >= 0.6 is 0 Å². The summed E-state index contributed by atoms with van der Waals surface area (Å²) in [5, 5.41) is 11.3. The number of nitrogens with two attached hydrogens (primary N) is 1. The van der Waals surface area contributed by atoms with Crippen molar-refractivity contribution >= 4 is 29.0 Å². The van der Waals surface area contributed by atoms with Gasteiger partial charge in [0.05, 0.1) is 19.0 Å². The number of aromatic nitrogens is 4. The van der Waals surface area contributed by atoms with Crippen LogP contribution in [-0.4, -0.2) is 55.5 Å². The van der Waals surface area contributed by atoms with Crippen LogP contribution in [0.5, 0.6) is 0 Å². The summed E-state index contributed by atoms with van der Waals surface area (Å²) in [6, 6.07) is 17.6. The molecule has 1 aliphatic rings. The molecule has 4 aromatic rings. The van der Waals surface area contributed by atoms with Crippen LogP contribution < -0.4 is 5.73 Å². The number of imidazole rings is 1. The van der Waals surface area contributed by atoms with Crippen molar-refractivity contribution in [2.45, 2.75) is 50.9 Å². The lowest BCUT2D eigenvalue weighted by Gasteiger charge is -2.23. The fourth-order valence-electron chi connectivity index (χ4n) is 4.73. The third-order valence-electron chi connectivity index (χ3n) is 6.68. The van der Waals surface area contributed by atoms with E-state index in [0.717, 1.165) is 23.1 Å². The van der Waals surface area contributed by atoms with Crippen LogP contribution in [0.3, 0.4) is 0 Å². The molecule has 3 N–H and O–H groups in total. The van der Waals surface area contributed by atoms with Crippen LogP contribution in [0.1, 0.15) is 42.4 Å². The number of ether oxygens (including phenoxy) is 3. The monoisotopic (exact) mass is 529 g/mol. The van der Waals surface area contributed by atoms with Gasteiger partial charge in [-0.2, -0.15) is 0 Å². The minimum atomic E-state index is -1.22. The van der Waals surface area contributed by atoms with E-state index < -0.39 is 30.5 Å². The Balaban J connectivity index is 1.37. The fraction of sp³-hybridized carbons (Fsp3) is 0.310. The number of hydrogen-bond donors (Lipinski definition) is 2. The lowest BCUT2D eigenvalue weighted by atomic mass is 10.1. The van der Waals surface area contributed by atoms with Gasteiger partial charge >= 0.3 is 5.97 Å². The van der Waals surface area contributed by atoms with Crippen molar-refractivity contribution in [2.75, 3.05) is 12.3 Å². The zero-order chi connectivity index (χ0) is 27.4. The molecule has 39 heavy (non-hydrogen) atoms. The Morgan fingerprint density at radius 1 is 1.18 bits per heavy atom. The highest BCUT2D eigenvalue weighted by atomic mass is 16.6. The van der Waals surface area contributed by atoms with Crippen LogP contribution in [0.25, 0.3) is 17.2 Å². The standard InChI is InChI=1S/C29H31N5O5/c1-3-21(20-10-5-4-6-11-20)37-15-22-26(39-23(35)13-12-19-9-7-8-18(2)14-19)25(36)29(38-22)34-17-33-24-27(30)31-16-32-28(24)34/h4-14,16-17,21-22,25-26,29,36H,3,15H2,1-2H3,(H2,30,31,32)/t21-,22+,25+,26+,29+/m0/s1. The molecule has 3 heterocycles. The molecule has 5 rings (SSSR count). The lowest BCUT2D eigenvalue weighted by Crippen LogP contribution is -2.38. The third-order valence-corrected chi connectivity index (χ3v) is 6.68. The maximum atomic E-state index is 12.8. The van der Waals surface area contributed by atoms with Crippen molar-refractivity contribution in [3.05, 3.63) is 90.0 Å². The van der Waals surface area contributed by atoms with E-state index in [2.05, 4.69) is 15.0 Å². The Hall–Kier alpha value is -4.12. The third kappa shape index (κ3) is 5.83. The maximum Gasteiger partial charge on any atom is 0.331 e. The van der Waals surface area contributed by atoms with Crippen molar-refractivity contribution in [1.82, 2.24) is 19.5 Å². The average molecular weight is 530 g/mol. The Morgan fingerprint density at radius 3 is 2.77 bits per heavy atom. The SMILES string of the molecule is CC[C@H](OC[C@H]1O[C@@H](n2cnc3c(N)ncnc32)[C@H](O)[C@@H]1OC(=O)C=Cc1cccc(C)c1)c1ccccc1. The molecule has 5 atom stereocenters. The van der Waals surface area contributed by atoms with Gasteiger partial charge in [0.25, 0.3) is 0 Å². The molecule has 1 saturated heterocycles. The molecular weight excluding hydrogens is 498 g/mol. The second kappa shape index (κ2) is 11.7. The number of fused-ring (bicyclic) bond motifs is 1. The van der Waals surface area contributed by atoms with E-state index in [9.17, 15) is 9.90 Å². The molecule has 0 aliphatic carbocycles. The lowest BCUT2D eigenvalue weighted by molar-refractivity contribution is -0.152. The largest absolute Gasteiger partial charge is 0.453 e. The fourth-order valence-corrected chi connectivity index (χ4v) is 4.73. The first-order chi connectivity index (χ1) is 18.9. The quantitative estimate of drug-likeness (QED) is 0.245. The molecular formula is C29H31N5O5. The number of hydrogen-bond acceptors (Lipinski definition) is 9. The Labute approximate surface area is 226 Å². The van der Waals surface area contributed by atoms with E-state index in [1.807, 2.05) is 68.4 Å². The van der Waals surface area contributed by atoms with Crippen LogP contribution in [-0.2, 0) is 19.0 Å². The first-order valence-electron chi connectivity index (χ1n) is 12.8. The Bertz CT molecular complexity index is 1460. The Kier molecular flexibility index (Phi) is 7.97. The van der Waals surface area contributed by atoms with Gasteiger partial charge in [-0.15, -0.1) is 0 Å². The topological polar surface area (TPSA) is 135 Å². The summed E-state index contributed by atoms with van der Waals surface area (Å²) in [5.74, 6) is -0.393. The number of aliphatic hydroxyl groups is 1. The number of rotatable bonds is 9. The predicted octanol–water partition coefficient (Wildman–Crippen LogP) is 3.77. The molecule has 202 valence electrons. The first-order valence-corrected chi connectivity index (χ1v) is 12.8. The molecule has 2 aromatic heterocycles. The second-order valence-corrected chi connectivity index (χ2v) is 9.43. The predicted molar refractivity (Wildman–Crippen MR) is 145 cm³/mol. The summed E-state index contributed by atoms with van der Waals surface area (Å²) in [7, 11) is 0. The van der Waals surface area contributed by atoms with Crippen LogP contribution in [0.4, 0.5) is 5.82 Å². The summed E-state index contributed by atoms with van der Waals surface area (Å²) >= 11 is 0. The van der Waals surface area contributed by atoms with E-state index in [1.54, 1.807) is 10.6 Å². The zero-order valence-electron chi connectivity index (χ0n) is 21.8. The summed E-state index contributed by atoms with van der Waals surface area (Å²) < 4.78 is 19.8. The minimum absolute atomic E-state index is 0.0876. The summed E-state index contributed by atoms with van der Waals surface area (Å²) in [6.07, 6.45) is 2.43. The van der Waals surface area contributed by atoms with Gasteiger partial charge in [-0.05, 0) is 30.5 Å². The number of nitrogens with zero attached hydrogens (tertiary/aromatic N) is 4. The van der Waals surface area contributed by atoms with Gasteiger partial charge in [-0.25, -0.2) is 19.7 Å². The van der Waals surface area contributed by atoms with Gasteiger partial charge in [-0.3, -0.25) is 4.57 Å². The Morgan fingerprint density at radius 2 is 2.00 bits per heavy atom. The van der Waals surface area contributed by atoms with E-state index in [4.69, 9.17) is 19.9 Å². The van der Waals surface area contributed by atoms with E-state index in [1.165, 1.54) is 18.7 Å². The summed E-state index contributed by atoms with van der Waals surface area (Å²) in [4.78, 5) is 25.3. The molecule has 0 unspecified atom stereocenters. The molecule has 1 aliphatic heterocycles. The smallest absolute Gasteiger partial charge is 0.331 e. The van der Waals surface area contributed by atoms with Crippen molar-refractivity contribution in [3.63, 3.8) is 0 Å². The number of nitrogen functional groups attached to an aromatic ring is 1. The molecule has 0 spiro atoms. The average Bonchev–Trinajstić information content (AvgIpc) is 3.50. The molecule has 0 bridgehead atoms. The van der Waals surface area contributed by atoms with Crippen molar-refractivity contribution in [1.29, 1.82) is 0 Å². The number of carbonyl (C=O) groups is 1. The number of carbonyl (C=O) groups excluding carboxylic acids is 1. The van der Waals surface area contributed by atoms with Gasteiger partial charge in [0.1, 0.15) is 24.1 Å². The molecule has 0 radical (unpaired) electrons. The van der Waals surface area contributed by atoms with Gasteiger partial charge < -0.3 is 25.1 Å². The number of aliphatic hydroxyl groups excluding tert-OH is 1. The highest BCUT2D eigenvalue weighted by Gasteiger charge is 2.48. The van der Waals surface area contributed by atoms with Crippen LogP contribution in [0.2, 0.25) is 0 Å². The maximum absolute atomic E-state index is 12.8. The highest BCUT2D eigenvalue weighted by Crippen LogP contribution is 2.35. The zero-order valence-corrected chi connectivity index (χ0v) is 21.8. The van der Waals surface area contributed by atoms with Gasteiger partial charge in [0, 0.05) is 6.08 Å². The number of anilines is 1. The number of aryl methyl sites for hydroxylation is 1. The first kappa shape index (κ1) is 26.5. The van der Waals surface area contributed by atoms with Gasteiger partial charge in [0.15, 0.2) is 23.8 Å². The van der Waals surface area contributed by atoms with Crippen LogP contribution in [0, 0.1) is 6.92 Å². The molecule has 0 saturated carbocycles. The molecule has 10 heteroatoms. The summed E-state index contributed by atoms with van der Waals surface area (Å²) in [6.45, 7) is 4.09. The van der Waals surface area contributed by atoms with Crippen molar-refractivity contribution in [3.8, 4) is 0 Å². The number of esters is 1. The van der Waals surface area contributed by atoms with Crippen molar-refractivity contribution < 1.29 is 24.1 Å². The van der Waals surface area contributed by atoms with Gasteiger partial charge in [-0.1, -0.05) is 67.1 Å². The summed E-state index contributed by atoms with van der Waals surface area (Å²) in [5.41, 5.74) is 9.69. The highest BCUT2D eigenvalue weighted by molar-refractivity contribution is 5.87. The second-order valence-electron chi connectivity index (χ2n) is 9.43. The molecule has 10 nitrogen and oxygen atoms in total. The molecule has 2 aromatic carbocycles. The van der Waals surface area contributed by atoms with Crippen LogP contribution in [0.15, 0.2) is 73.3 Å². The number of benzene rings is 2. The molecule has 0 amide bonds. The minimum Gasteiger partial charge on any atom is -0.453 e. The van der Waals surface area contributed by atoms with E-state index in [-0.39, 0.29) is 18.5 Å². The van der Waals surface area contributed by atoms with E-state index >= 15 is 0 Å². The van der Waals surface area contributed by atoms with E-state index in [0.29, 0.717) is 11.2 Å². The van der Waals surface area contributed by atoms with Gasteiger partial charge in [0.2, 0.25) is 0 Å².